The lowest BCUT2D eigenvalue weighted by Gasteiger charge is -2.15. The van der Waals surface area contributed by atoms with Gasteiger partial charge in [-0.15, -0.1) is 11.8 Å². The van der Waals surface area contributed by atoms with Gasteiger partial charge in [0.25, 0.3) is 0 Å². The highest BCUT2D eigenvalue weighted by Gasteiger charge is 2.30. The number of carbonyl (C=O) groups is 1. The summed E-state index contributed by atoms with van der Waals surface area (Å²) in [5, 5.41) is 8.83. The van der Waals surface area contributed by atoms with Gasteiger partial charge in [-0.2, -0.15) is 0 Å². The molecule has 0 aliphatic carbocycles. The van der Waals surface area contributed by atoms with Gasteiger partial charge in [-0.25, -0.2) is 4.79 Å². The van der Waals surface area contributed by atoms with Crippen molar-refractivity contribution >= 4 is 45.3 Å². The summed E-state index contributed by atoms with van der Waals surface area (Å²) in [5.74, 6) is -0.319. The number of halogens is 2. The van der Waals surface area contributed by atoms with Crippen molar-refractivity contribution in [2.24, 2.45) is 0 Å². The topological polar surface area (TPSA) is 37.3 Å². The molecule has 1 N–H and O–H groups in total. The van der Waals surface area contributed by atoms with Gasteiger partial charge >= 0.3 is 5.97 Å². The Kier molecular flexibility index (Phi) is 5.15. The second kappa shape index (κ2) is 5.94. The summed E-state index contributed by atoms with van der Waals surface area (Å²) < 4.78 is -0.191. The van der Waals surface area contributed by atoms with Crippen LogP contribution in [0.25, 0.3) is 0 Å². The third-order valence-corrected chi connectivity index (χ3v) is 4.47. The summed E-state index contributed by atoms with van der Waals surface area (Å²) in [6.45, 7) is 1.50. The fourth-order valence-corrected chi connectivity index (χ4v) is 2.66. The lowest BCUT2D eigenvalue weighted by atomic mass is 10.2. The summed E-state index contributed by atoms with van der Waals surface area (Å²) in [4.78, 5) is 10.8. The quantitative estimate of drug-likeness (QED) is 0.838. The number of rotatable bonds is 5. The zero-order valence-electron chi connectivity index (χ0n) is 8.74. The number of aliphatic carboxylic acids is 1. The number of hydrogen-bond acceptors (Lipinski definition) is 2. The van der Waals surface area contributed by atoms with Crippen molar-refractivity contribution in [1.82, 2.24) is 0 Å². The molecule has 1 atom stereocenters. The highest BCUT2D eigenvalue weighted by molar-refractivity contribution is 9.10. The molecule has 1 rings (SSSR count). The van der Waals surface area contributed by atoms with Crippen LogP contribution in [0, 0.1) is 0 Å². The lowest BCUT2D eigenvalue weighted by molar-refractivity contribution is -0.137. The summed E-state index contributed by atoms with van der Waals surface area (Å²) in [7, 11) is 0. The second-order valence-corrected chi connectivity index (χ2v) is 6.76. The molecule has 0 heterocycles. The van der Waals surface area contributed by atoms with Crippen LogP contribution in [0.4, 0.5) is 0 Å². The summed E-state index contributed by atoms with van der Waals surface area (Å²) in [6.07, 6.45) is 0.793. The van der Waals surface area contributed by atoms with Crippen molar-refractivity contribution in [1.29, 1.82) is 0 Å². The summed E-state index contributed by atoms with van der Waals surface area (Å²) in [6, 6.07) is 7.89. The molecule has 5 heteroatoms. The van der Waals surface area contributed by atoms with Gasteiger partial charge in [0, 0.05) is 4.47 Å². The Bertz CT molecular complexity index is 382. The Morgan fingerprint density at radius 2 is 2.19 bits per heavy atom. The maximum atomic E-state index is 10.8. The minimum Gasteiger partial charge on any atom is -0.479 e. The van der Waals surface area contributed by atoms with Crippen molar-refractivity contribution in [3.05, 3.63) is 34.3 Å². The van der Waals surface area contributed by atoms with Gasteiger partial charge in [0.1, 0.15) is 0 Å². The molecular formula is C11H12BrClO2S. The third-order valence-electron chi connectivity index (χ3n) is 2.08. The van der Waals surface area contributed by atoms with E-state index in [0.29, 0.717) is 5.75 Å². The summed E-state index contributed by atoms with van der Waals surface area (Å²) in [5.41, 5.74) is 1.16. The molecule has 0 saturated carbocycles. The van der Waals surface area contributed by atoms with E-state index in [0.717, 1.165) is 16.5 Å². The van der Waals surface area contributed by atoms with E-state index in [2.05, 4.69) is 15.9 Å². The van der Waals surface area contributed by atoms with Gasteiger partial charge in [0.15, 0.2) is 4.21 Å². The second-order valence-electron chi connectivity index (χ2n) is 3.41. The van der Waals surface area contributed by atoms with Gasteiger partial charge in [0.05, 0.1) is 0 Å². The van der Waals surface area contributed by atoms with Gasteiger partial charge < -0.3 is 5.11 Å². The molecule has 0 radical (unpaired) electrons. The Balaban J connectivity index is 2.48. The van der Waals surface area contributed by atoms with E-state index >= 15 is 0 Å². The first-order valence-corrected chi connectivity index (χ1v) is 6.89. The fourth-order valence-electron chi connectivity index (χ4n) is 1.12. The first-order chi connectivity index (χ1) is 7.43. The largest absolute Gasteiger partial charge is 0.479 e. The van der Waals surface area contributed by atoms with Crippen LogP contribution in [-0.4, -0.2) is 21.0 Å². The zero-order valence-corrected chi connectivity index (χ0v) is 11.9. The molecule has 88 valence electrons. The molecule has 0 saturated heterocycles. The minimum absolute atomic E-state index is 0.676. The maximum absolute atomic E-state index is 10.8. The van der Waals surface area contributed by atoms with Gasteiger partial charge in [0.2, 0.25) is 0 Å². The van der Waals surface area contributed by atoms with Gasteiger partial charge in [-0.1, -0.05) is 45.7 Å². The van der Waals surface area contributed by atoms with Crippen LogP contribution in [0.15, 0.2) is 28.7 Å². The highest BCUT2D eigenvalue weighted by atomic mass is 79.9. The van der Waals surface area contributed by atoms with Crippen LogP contribution in [-0.2, 0) is 11.2 Å². The third kappa shape index (κ3) is 4.00. The predicted octanol–water partition coefficient (Wildman–Crippen LogP) is 3.76. The molecule has 0 fully saturated rings. The van der Waals surface area contributed by atoms with Crippen molar-refractivity contribution < 1.29 is 9.90 Å². The van der Waals surface area contributed by atoms with E-state index in [1.807, 2.05) is 24.3 Å². The molecular weight excluding hydrogens is 312 g/mol. The van der Waals surface area contributed by atoms with Crippen LogP contribution < -0.4 is 0 Å². The molecule has 0 aliphatic heterocycles. The fraction of sp³-hybridized carbons (Fsp3) is 0.364. The average molecular weight is 324 g/mol. The number of hydrogen-bond donors (Lipinski definition) is 1. The molecule has 16 heavy (non-hydrogen) atoms. The number of benzene rings is 1. The molecule has 0 amide bonds. The highest BCUT2D eigenvalue weighted by Crippen LogP contribution is 2.31. The van der Waals surface area contributed by atoms with E-state index in [1.54, 1.807) is 0 Å². The molecule has 2 nitrogen and oxygen atoms in total. The smallest absolute Gasteiger partial charge is 0.334 e. The first kappa shape index (κ1) is 13.9. The van der Waals surface area contributed by atoms with E-state index in [1.165, 1.54) is 18.7 Å². The SMILES string of the molecule is CC(Cl)(SCCc1ccccc1Br)C(=O)O. The van der Waals surface area contributed by atoms with E-state index in [4.69, 9.17) is 16.7 Å². The molecule has 0 bridgehead atoms. The van der Waals surface area contributed by atoms with Gasteiger partial charge in [-0.3, -0.25) is 0 Å². The Morgan fingerprint density at radius 1 is 1.56 bits per heavy atom. The van der Waals surface area contributed by atoms with Crippen LogP contribution in [0.2, 0.25) is 0 Å². The van der Waals surface area contributed by atoms with Crippen molar-refractivity contribution in [2.45, 2.75) is 17.6 Å². The van der Waals surface area contributed by atoms with E-state index in [9.17, 15) is 4.79 Å². The first-order valence-electron chi connectivity index (χ1n) is 4.73. The number of alkyl halides is 1. The Labute approximate surface area is 113 Å². The molecule has 1 unspecified atom stereocenters. The van der Waals surface area contributed by atoms with Crippen LogP contribution in [0.3, 0.4) is 0 Å². The van der Waals surface area contributed by atoms with Gasteiger partial charge in [-0.05, 0) is 30.7 Å². The predicted molar refractivity (Wildman–Crippen MR) is 72.2 cm³/mol. The lowest BCUT2D eigenvalue weighted by Crippen LogP contribution is -2.24. The monoisotopic (exact) mass is 322 g/mol. The van der Waals surface area contributed by atoms with Crippen molar-refractivity contribution in [3.8, 4) is 0 Å². The Morgan fingerprint density at radius 3 is 2.75 bits per heavy atom. The molecule has 0 aliphatic rings. The van der Waals surface area contributed by atoms with Crippen LogP contribution >= 0.6 is 39.3 Å². The Hall–Kier alpha value is -0.190. The molecule has 1 aromatic rings. The number of carboxylic acid groups (broad SMARTS) is 1. The molecule has 0 aromatic heterocycles. The standard InChI is InChI=1S/C11H12BrClO2S/c1-11(13,10(14)15)16-7-6-8-4-2-3-5-9(8)12/h2-5H,6-7H2,1H3,(H,14,15). The number of carboxylic acids is 1. The maximum Gasteiger partial charge on any atom is 0.334 e. The molecule has 0 spiro atoms. The average Bonchev–Trinajstić information content (AvgIpc) is 2.20. The van der Waals surface area contributed by atoms with Crippen LogP contribution in [0.5, 0.6) is 0 Å². The van der Waals surface area contributed by atoms with Crippen molar-refractivity contribution in [2.75, 3.05) is 5.75 Å². The van der Waals surface area contributed by atoms with Crippen LogP contribution in [0.1, 0.15) is 12.5 Å². The van der Waals surface area contributed by atoms with E-state index in [-0.39, 0.29) is 0 Å². The van der Waals surface area contributed by atoms with Crippen molar-refractivity contribution in [3.63, 3.8) is 0 Å². The zero-order chi connectivity index (χ0) is 12.2. The summed E-state index contributed by atoms with van der Waals surface area (Å²) >= 11 is 10.5. The normalized spacial score (nSPS) is 14.4. The van der Waals surface area contributed by atoms with E-state index < -0.39 is 10.2 Å². The number of thioether (sulfide) groups is 1. The number of aryl methyl sites for hydroxylation is 1. The molecule has 1 aromatic carbocycles. The minimum atomic E-state index is -1.23.